The molecule has 4 nitrogen and oxygen atoms in total. The zero-order chi connectivity index (χ0) is 21.8. The Morgan fingerprint density at radius 1 is 0.600 bits per heavy atom. The van der Waals surface area contributed by atoms with E-state index in [1.165, 1.54) is 51.4 Å². The van der Waals surface area contributed by atoms with Gasteiger partial charge in [0.2, 0.25) is 0 Å². The van der Waals surface area contributed by atoms with Gasteiger partial charge in [0.1, 0.15) is 0 Å². The second kappa shape index (κ2) is 23.0. The van der Waals surface area contributed by atoms with E-state index in [-0.39, 0.29) is 35.7 Å². The van der Waals surface area contributed by atoms with Crippen LogP contribution in [0.5, 0.6) is 0 Å². The molecule has 1 N–H and O–H groups in total. The minimum absolute atomic E-state index is 0. The summed E-state index contributed by atoms with van der Waals surface area (Å²) in [6, 6.07) is 0. The Hall–Kier alpha value is 0.870. The van der Waals surface area contributed by atoms with Crippen LogP contribution in [0.1, 0.15) is 142 Å². The minimum atomic E-state index is -4.13. The van der Waals surface area contributed by atoms with Gasteiger partial charge in [0.05, 0.1) is 16.2 Å². The molecule has 6 heteroatoms. The maximum absolute atomic E-state index is 11.2. The van der Waals surface area contributed by atoms with Gasteiger partial charge in [-0.25, -0.2) is 8.42 Å². The van der Waals surface area contributed by atoms with Crippen LogP contribution in [0.3, 0.4) is 0 Å². The molecule has 0 aliphatic carbocycles. The van der Waals surface area contributed by atoms with Gasteiger partial charge in [-0.2, -0.15) is 0 Å². The summed E-state index contributed by atoms with van der Waals surface area (Å²) in [6.45, 7) is 4.17. The summed E-state index contributed by atoms with van der Waals surface area (Å²) in [5.41, 5.74) is 0. The van der Waals surface area contributed by atoms with Gasteiger partial charge in [0, 0.05) is 5.25 Å². The molecule has 0 aliphatic heterocycles. The summed E-state index contributed by atoms with van der Waals surface area (Å²) in [5.74, 6) is 0. The van der Waals surface area contributed by atoms with Crippen LogP contribution in [0.15, 0.2) is 0 Å². The van der Waals surface area contributed by atoms with Crippen LogP contribution in [0.4, 0.5) is 0 Å². The van der Waals surface area contributed by atoms with Crippen molar-refractivity contribution in [2.24, 2.45) is 0 Å². The molecule has 2 unspecified atom stereocenters. The molecular formula is C24H49NaO4S. The van der Waals surface area contributed by atoms with Crippen LogP contribution in [-0.4, -0.2) is 29.4 Å². The molecule has 0 spiro atoms. The van der Waals surface area contributed by atoms with Gasteiger partial charge in [0.15, 0.2) is 0 Å². The second-order valence-corrected chi connectivity index (χ2v) is 10.5. The van der Waals surface area contributed by atoms with E-state index in [1.54, 1.807) is 0 Å². The molecule has 0 saturated carbocycles. The molecule has 0 aromatic carbocycles. The van der Waals surface area contributed by atoms with Crippen molar-refractivity contribution in [1.82, 2.24) is 0 Å². The van der Waals surface area contributed by atoms with Crippen molar-refractivity contribution in [3.8, 4) is 0 Å². The van der Waals surface area contributed by atoms with E-state index in [4.69, 9.17) is 0 Å². The van der Waals surface area contributed by atoms with Crippen molar-refractivity contribution in [3.05, 3.63) is 0 Å². The summed E-state index contributed by atoms with van der Waals surface area (Å²) in [5, 5.41) is 9.40. The summed E-state index contributed by atoms with van der Waals surface area (Å²) in [6.07, 6.45) is 21.6. The van der Waals surface area contributed by atoms with E-state index >= 15 is 0 Å². The van der Waals surface area contributed by atoms with Gasteiger partial charge in [-0.1, -0.05) is 117 Å². The molecule has 0 aliphatic rings. The average molecular weight is 457 g/mol. The molecule has 176 valence electrons. The Bertz CT molecular complexity index is 442. The van der Waals surface area contributed by atoms with Gasteiger partial charge in [0.25, 0.3) is 0 Å². The van der Waals surface area contributed by atoms with Gasteiger partial charge in [-0.15, -0.1) is 0 Å². The predicted octanol–water partition coefficient (Wildman–Crippen LogP) is 4.11. The van der Waals surface area contributed by atoms with Crippen molar-refractivity contribution in [1.29, 1.82) is 0 Å². The largest absolute Gasteiger partial charge is 1.00 e. The van der Waals surface area contributed by atoms with E-state index in [9.17, 15) is 18.1 Å². The van der Waals surface area contributed by atoms with Crippen molar-refractivity contribution >= 4 is 10.1 Å². The van der Waals surface area contributed by atoms with Crippen molar-refractivity contribution in [3.63, 3.8) is 0 Å². The third-order valence-corrected chi connectivity index (χ3v) is 7.26. The molecule has 0 aromatic heterocycles. The van der Waals surface area contributed by atoms with Crippen molar-refractivity contribution in [2.45, 2.75) is 154 Å². The van der Waals surface area contributed by atoms with Crippen molar-refractivity contribution < 1.29 is 47.6 Å². The Morgan fingerprint density at radius 3 is 1.33 bits per heavy atom. The molecule has 0 bridgehead atoms. The van der Waals surface area contributed by atoms with E-state index in [0.717, 1.165) is 64.2 Å². The third kappa shape index (κ3) is 22.1. The molecule has 0 radical (unpaired) electrons. The smallest absolute Gasteiger partial charge is 0.748 e. The summed E-state index contributed by atoms with van der Waals surface area (Å²) >= 11 is 0. The fourth-order valence-corrected chi connectivity index (χ4v) is 5.03. The van der Waals surface area contributed by atoms with Crippen LogP contribution >= 0.6 is 0 Å². The Labute approximate surface area is 210 Å². The molecule has 0 heterocycles. The zero-order valence-electron chi connectivity index (χ0n) is 20.4. The first-order chi connectivity index (χ1) is 13.9. The van der Waals surface area contributed by atoms with E-state index in [0.29, 0.717) is 12.8 Å². The van der Waals surface area contributed by atoms with E-state index < -0.39 is 15.4 Å². The second-order valence-electron chi connectivity index (χ2n) is 8.87. The minimum Gasteiger partial charge on any atom is -0.748 e. The van der Waals surface area contributed by atoms with E-state index in [1.807, 2.05) is 6.92 Å². The monoisotopic (exact) mass is 456 g/mol. The van der Waals surface area contributed by atoms with Crippen LogP contribution in [0, 0.1) is 0 Å². The summed E-state index contributed by atoms with van der Waals surface area (Å²) in [4.78, 5) is 0. The Morgan fingerprint density at radius 2 is 0.967 bits per heavy atom. The maximum atomic E-state index is 11.2. The zero-order valence-corrected chi connectivity index (χ0v) is 23.2. The van der Waals surface area contributed by atoms with Crippen molar-refractivity contribution in [2.75, 3.05) is 0 Å². The Balaban J connectivity index is 0. The van der Waals surface area contributed by atoms with Gasteiger partial charge < -0.3 is 9.66 Å². The number of aliphatic hydroxyl groups is 1. The molecular weight excluding hydrogens is 407 g/mol. The van der Waals surface area contributed by atoms with Crippen LogP contribution in [-0.2, 0) is 10.1 Å². The number of hydrogen-bond donors (Lipinski definition) is 1. The van der Waals surface area contributed by atoms with Crippen LogP contribution in [0.25, 0.3) is 0 Å². The number of unbranched alkanes of at least 4 members (excludes halogenated alkanes) is 13. The standard InChI is InChI=1S/C24H50O4S.Na/c1-3-5-6-7-8-9-10-13-16-20-23(25)21-17-14-11-12-15-18-22-24(19-4-2)29(26,27)28;/h23-25H,3-22H2,1-2H3,(H,26,27,28);/q;+1/p-1. The number of hydrogen-bond acceptors (Lipinski definition) is 4. The summed E-state index contributed by atoms with van der Waals surface area (Å²) in [7, 11) is -4.13. The first-order valence-corrected chi connectivity index (χ1v) is 14.0. The topological polar surface area (TPSA) is 77.4 Å². The van der Waals surface area contributed by atoms with Gasteiger partial charge in [-0.3, -0.25) is 0 Å². The fraction of sp³-hybridized carbons (Fsp3) is 1.00. The predicted molar refractivity (Wildman–Crippen MR) is 123 cm³/mol. The SMILES string of the molecule is CCCCCCCCCCCC(O)CCCCCCCCC(CCC)S(=O)(=O)[O-].[Na+]. The summed E-state index contributed by atoms with van der Waals surface area (Å²) < 4.78 is 33.6. The quantitative estimate of drug-likeness (QED) is 0.151. The average Bonchev–Trinajstić information content (AvgIpc) is 2.67. The van der Waals surface area contributed by atoms with Crippen LogP contribution in [0.2, 0.25) is 0 Å². The molecule has 0 aromatic rings. The molecule has 0 rings (SSSR count). The van der Waals surface area contributed by atoms with Crippen LogP contribution < -0.4 is 29.6 Å². The number of aliphatic hydroxyl groups excluding tert-OH is 1. The normalized spacial score (nSPS) is 13.7. The number of rotatable bonds is 22. The maximum Gasteiger partial charge on any atom is 1.00 e. The van der Waals surface area contributed by atoms with Gasteiger partial charge in [-0.05, 0) is 25.7 Å². The molecule has 0 saturated heterocycles. The molecule has 0 fully saturated rings. The third-order valence-electron chi connectivity index (χ3n) is 5.97. The first kappa shape index (κ1) is 33.0. The van der Waals surface area contributed by atoms with E-state index in [2.05, 4.69) is 6.92 Å². The molecule has 2 atom stereocenters. The Kier molecular flexibility index (Phi) is 25.4. The molecule has 0 amide bonds. The molecule has 30 heavy (non-hydrogen) atoms. The first-order valence-electron chi connectivity index (χ1n) is 12.5. The fourth-order valence-electron chi connectivity index (χ4n) is 4.05. The van der Waals surface area contributed by atoms with Gasteiger partial charge >= 0.3 is 29.6 Å².